The van der Waals surface area contributed by atoms with Crippen LogP contribution in [0.2, 0.25) is 0 Å². The number of nitrogens with one attached hydrogen (secondary N) is 2. The zero-order chi connectivity index (χ0) is 12.9. The van der Waals surface area contributed by atoms with Crippen LogP contribution in [0.15, 0.2) is 16.8 Å². The molecule has 7 heteroatoms. The van der Waals surface area contributed by atoms with Crippen LogP contribution in [0.3, 0.4) is 0 Å². The van der Waals surface area contributed by atoms with Gasteiger partial charge in [0.05, 0.1) is 12.7 Å². The summed E-state index contributed by atoms with van der Waals surface area (Å²) in [6, 6.07) is 1.05. The Kier molecular flexibility index (Phi) is 4.08. The summed E-state index contributed by atoms with van der Waals surface area (Å²) in [5.41, 5.74) is -1.27. The van der Waals surface area contributed by atoms with Gasteiger partial charge in [0.1, 0.15) is 5.54 Å². The van der Waals surface area contributed by atoms with Crippen molar-refractivity contribution in [1.82, 2.24) is 15.8 Å². The van der Waals surface area contributed by atoms with Gasteiger partial charge in [-0.25, -0.2) is 9.59 Å². The Labute approximate surface area is 98.2 Å². The van der Waals surface area contributed by atoms with Gasteiger partial charge >= 0.3 is 12.0 Å². The van der Waals surface area contributed by atoms with E-state index in [0.29, 0.717) is 5.76 Å². The van der Waals surface area contributed by atoms with Crippen LogP contribution in [0.4, 0.5) is 4.79 Å². The van der Waals surface area contributed by atoms with E-state index in [1.165, 1.54) is 13.1 Å². The standard InChI is InChI=1S/C10H15N3O4/c1-3-10(2,8(14)15)13-9(16)11-6-7-4-5-12-17-7/h4-5H,3,6H2,1-2H3,(H,14,15)(H2,11,13,16). The van der Waals surface area contributed by atoms with Gasteiger partial charge in [0, 0.05) is 6.07 Å². The average Bonchev–Trinajstić information content (AvgIpc) is 2.78. The Balaban J connectivity index is 2.46. The van der Waals surface area contributed by atoms with E-state index in [9.17, 15) is 9.59 Å². The van der Waals surface area contributed by atoms with Crippen LogP contribution in [-0.2, 0) is 11.3 Å². The number of aromatic nitrogens is 1. The van der Waals surface area contributed by atoms with Gasteiger partial charge in [-0.1, -0.05) is 12.1 Å². The lowest BCUT2D eigenvalue weighted by Gasteiger charge is -2.24. The van der Waals surface area contributed by atoms with E-state index >= 15 is 0 Å². The minimum atomic E-state index is -1.27. The Morgan fingerprint density at radius 1 is 1.59 bits per heavy atom. The molecule has 0 bridgehead atoms. The van der Waals surface area contributed by atoms with Gasteiger partial charge in [-0.15, -0.1) is 0 Å². The number of carboxylic acids is 1. The van der Waals surface area contributed by atoms with E-state index in [2.05, 4.69) is 15.8 Å². The first-order valence-electron chi connectivity index (χ1n) is 5.17. The third-order valence-corrected chi connectivity index (χ3v) is 2.48. The summed E-state index contributed by atoms with van der Waals surface area (Å²) in [4.78, 5) is 22.4. The van der Waals surface area contributed by atoms with Crippen molar-refractivity contribution < 1.29 is 19.2 Å². The molecule has 0 aromatic carbocycles. The smallest absolute Gasteiger partial charge is 0.329 e. The lowest BCUT2D eigenvalue weighted by molar-refractivity contribution is -0.143. The van der Waals surface area contributed by atoms with E-state index in [1.807, 2.05) is 0 Å². The Morgan fingerprint density at radius 2 is 2.29 bits per heavy atom. The van der Waals surface area contributed by atoms with Crippen LogP contribution in [-0.4, -0.2) is 27.8 Å². The molecule has 1 unspecified atom stereocenters. The average molecular weight is 241 g/mol. The number of urea groups is 1. The maximum absolute atomic E-state index is 11.5. The van der Waals surface area contributed by atoms with Gasteiger partial charge < -0.3 is 20.3 Å². The number of rotatable bonds is 5. The molecule has 2 amide bonds. The number of amides is 2. The van der Waals surface area contributed by atoms with Crippen molar-refractivity contribution in [2.45, 2.75) is 32.4 Å². The third kappa shape index (κ3) is 3.47. The van der Waals surface area contributed by atoms with Crippen molar-refractivity contribution >= 4 is 12.0 Å². The van der Waals surface area contributed by atoms with Crippen molar-refractivity contribution in [1.29, 1.82) is 0 Å². The maximum atomic E-state index is 11.5. The van der Waals surface area contributed by atoms with Gasteiger partial charge in [-0.3, -0.25) is 0 Å². The molecule has 0 fully saturated rings. The molecule has 0 aliphatic carbocycles. The first-order valence-corrected chi connectivity index (χ1v) is 5.17. The van der Waals surface area contributed by atoms with Gasteiger partial charge in [0.2, 0.25) is 0 Å². The lowest BCUT2D eigenvalue weighted by Crippen LogP contribution is -2.54. The first kappa shape index (κ1) is 13.0. The largest absolute Gasteiger partial charge is 0.480 e. The highest BCUT2D eigenvalue weighted by Crippen LogP contribution is 2.08. The van der Waals surface area contributed by atoms with Crippen LogP contribution < -0.4 is 10.6 Å². The normalized spacial score (nSPS) is 13.8. The molecule has 1 heterocycles. The van der Waals surface area contributed by atoms with Crippen molar-refractivity contribution in [2.24, 2.45) is 0 Å². The number of carbonyl (C=O) groups excluding carboxylic acids is 1. The zero-order valence-corrected chi connectivity index (χ0v) is 9.69. The second kappa shape index (κ2) is 5.33. The third-order valence-electron chi connectivity index (χ3n) is 2.48. The van der Waals surface area contributed by atoms with Crippen molar-refractivity contribution in [3.05, 3.63) is 18.0 Å². The Bertz CT molecular complexity index is 390. The van der Waals surface area contributed by atoms with Crippen molar-refractivity contribution in [3.8, 4) is 0 Å². The summed E-state index contributed by atoms with van der Waals surface area (Å²) >= 11 is 0. The van der Waals surface area contributed by atoms with E-state index in [-0.39, 0.29) is 13.0 Å². The fourth-order valence-electron chi connectivity index (χ4n) is 1.09. The van der Waals surface area contributed by atoms with Crippen LogP contribution in [0, 0.1) is 0 Å². The molecule has 0 saturated carbocycles. The Morgan fingerprint density at radius 3 is 2.76 bits per heavy atom. The summed E-state index contributed by atoms with van der Waals surface area (Å²) in [6.07, 6.45) is 1.75. The lowest BCUT2D eigenvalue weighted by atomic mass is 10.00. The van der Waals surface area contributed by atoms with Crippen molar-refractivity contribution in [2.75, 3.05) is 0 Å². The summed E-state index contributed by atoms with van der Waals surface area (Å²) in [7, 11) is 0. The number of carbonyl (C=O) groups is 2. The highest BCUT2D eigenvalue weighted by atomic mass is 16.5. The van der Waals surface area contributed by atoms with Gasteiger partial charge in [0.15, 0.2) is 5.76 Å². The van der Waals surface area contributed by atoms with Gasteiger partial charge in [0.25, 0.3) is 0 Å². The summed E-state index contributed by atoms with van der Waals surface area (Å²) in [6.45, 7) is 3.29. The monoisotopic (exact) mass is 241 g/mol. The predicted molar refractivity (Wildman–Crippen MR) is 58.2 cm³/mol. The fourth-order valence-corrected chi connectivity index (χ4v) is 1.09. The maximum Gasteiger partial charge on any atom is 0.329 e. The molecule has 7 nitrogen and oxygen atoms in total. The summed E-state index contributed by atoms with van der Waals surface area (Å²) in [5, 5.41) is 17.3. The zero-order valence-electron chi connectivity index (χ0n) is 9.69. The highest BCUT2D eigenvalue weighted by Gasteiger charge is 2.32. The molecule has 0 aliphatic rings. The Hall–Kier alpha value is -2.05. The van der Waals surface area contributed by atoms with Crippen molar-refractivity contribution in [3.63, 3.8) is 0 Å². The van der Waals surface area contributed by atoms with Gasteiger partial charge in [-0.05, 0) is 13.3 Å². The van der Waals surface area contributed by atoms with Crippen LogP contribution in [0.5, 0.6) is 0 Å². The number of aliphatic carboxylic acids is 1. The topological polar surface area (TPSA) is 104 Å². The summed E-state index contributed by atoms with van der Waals surface area (Å²) in [5.74, 6) is -0.580. The number of nitrogens with zero attached hydrogens (tertiary/aromatic N) is 1. The molecular weight excluding hydrogens is 226 g/mol. The van der Waals surface area contributed by atoms with E-state index in [1.54, 1.807) is 13.0 Å². The second-order valence-electron chi connectivity index (χ2n) is 3.78. The molecule has 0 spiro atoms. The molecule has 0 aliphatic heterocycles. The van der Waals surface area contributed by atoms with Crippen LogP contribution >= 0.6 is 0 Å². The van der Waals surface area contributed by atoms with E-state index in [0.717, 1.165) is 0 Å². The SMILES string of the molecule is CCC(C)(NC(=O)NCc1ccno1)C(=O)O. The number of carboxylic acid groups (broad SMARTS) is 1. The minimum Gasteiger partial charge on any atom is -0.480 e. The molecular formula is C10H15N3O4. The van der Waals surface area contributed by atoms with Gasteiger partial charge in [-0.2, -0.15) is 0 Å². The van der Waals surface area contributed by atoms with Crippen LogP contribution in [0.1, 0.15) is 26.0 Å². The number of hydrogen-bond acceptors (Lipinski definition) is 4. The second-order valence-corrected chi connectivity index (χ2v) is 3.78. The minimum absolute atomic E-state index is 0.158. The molecule has 1 aromatic heterocycles. The highest BCUT2D eigenvalue weighted by molar-refractivity contribution is 5.85. The predicted octanol–water partition coefficient (Wildman–Crippen LogP) is 0.727. The number of hydrogen-bond donors (Lipinski definition) is 3. The molecule has 94 valence electrons. The molecule has 0 saturated heterocycles. The molecule has 3 N–H and O–H groups in total. The molecule has 1 aromatic rings. The molecule has 17 heavy (non-hydrogen) atoms. The summed E-state index contributed by atoms with van der Waals surface area (Å²) < 4.78 is 4.78. The molecule has 1 atom stereocenters. The first-order chi connectivity index (χ1) is 7.98. The van der Waals surface area contributed by atoms with E-state index in [4.69, 9.17) is 9.63 Å². The molecule has 1 rings (SSSR count). The molecule has 0 radical (unpaired) electrons. The fraction of sp³-hybridized carbons (Fsp3) is 0.500. The van der Waals surface area contributed by atoms with Crippen LogP contribution in [0.25, 0.3) is 0 Å². The van der Waals surface area contributed by atoms with E-state index < -0.39 is 17.5 Å². The quantitative estimate of drug-likeness (QED) is 0.704.